The quantitative estimate of drug-likeness (QED) is 0.709. The average molecular weight is 381 g/mol. The average Bonchev–Trinajstić information content (AvgIpc) is 2.99. The second-order valence-electron chi connectivity index (χ2n) is 7.37. The van der Waals surface area contributed by atoms with E-state index in [4.69, 9.17) is 0 Å². The third-order valence-corrected chi connectivity index (χ3v) is 6.23. The Morgan fingerprint density at radius 1 is 1.26 bits per heavy atom. The highest BCUT2D eigenvalue weighted by Gasteiger charge is 2.26. The molecule has 0 bridgehead atoms. The minimum atomic E-state index is -0.0887. The van der Waals surface area contributed by atoms with Crippen molar-refractivity contribution in [1.29, 1.82) is 0 Å². The summed E-state index contributed by atoms with van der Waals surface area (Å²) >= 11 is 1.56. The van der Waals surface area contributed by atoms with Crippen molar-refractivity contribution < 1.29 is 4.79 Å². The van der Waals surface area contributed by atoms with Crippen molar-refractivity contribution in [1.82, 2.24) is 9.97 Å². The molecule has 2 aromatic heterocycles. The van der Waals surface area contributed by atoms with Gasteiger partial charge in [0, 0.05) is 23.7 Å². The van der Waals surface area contributed by atoms with Gasteiger partial charge in [0.25, 0.3) is 5.91 Å². The predicted octanol–water partition coefficient (Wildman–Crippen LogP) is 4.80. The van der Waals surface area contributed by atoms with Crippen molar-refractivity contribution in [3.05, 3.63) is 46.6 Å². The lowest BCUT2D eigenvalue weighted by molar-refractivity contribution is 0.102. The van der Waals surface area contributed by atoms with E-state index in [-0.39, 0.29) is 5.91 Å². The Morgan fingerprint density at radius 3 is 2.85 bits per heavy atom. The molecule has 1 aliphatic heterocycles. The fourth-order valence-electron chi connectivity index (χ4n) is 3.82. The van der Waals surface area contributed by atoms with Gasteiger partial charge in [-0.2, -0.15) is 0 Å². The topological polar surface area (TPSA) is 58.1 Å². The molecule has 0 radical (unpaired) electrons. The van der Waals surface area contributed by atoms with Gasteiger partial charge in [0.2, 0.25) is 0 Å². The summed E-state index contributed by atoms with van der Waals surface area (Å²) in [5, 5.41) is 3.97. The van der Waals surface area contributed by atoms with E-state index in [1.54, 1.807) is 17.7 Å². The minimum Gasteiger partial charge on any atom is -0.356 e. The van der Waals surface area contributed by atoms with Gasteiger partial charge < -0.3 is 10.2 Å². The summed E-state index contributed by atoms with van der Waals surface area (Å²) < 4.78 is 0. The van der Waals surface area contributed by atoms with E-state index >= 15 is 0 Å². The van der Waals surface area contributed by atoms with Crippen molar-refractivity contribution in [3.63, 3.8) is 0 Å². The zero-order chi connectivity index (χ0) is 19.0. The number of hydrogen-bond acceptors (Lipinski definition) is 5. The number of fused-ring (bicyclic) bond motifs is 1. The zero-order valence-corrected chi connectivity index (χ0v) is 16.8. The van der Waals surface area contributed by atoms with E-state index in [0.29, 0.717) is 11.5 Å². The first-order valence-corrected chi connectivity index (χ1v) is 10.2. The van der Waals surface area contributed by atoms with Gasteiger partial charge >= 0.3 is 0 Å². The molecule has 4 rings (SSSR count). The van der Waals surface area contributed by atoms with Gasteiger partial charge in [-0.15, -0.1) is 11.3 Å². The van der Waals surface area contributed by atoms with E-state index in [1.165, 1.54) is 6.42 Å². The minimum absolute atomic E-state index is 0.0887. The Morgan fingerprint density at radius 2 is 2.07 bits per heavy atom. The van der Waals surface area contributed by atoms with E-state index in [1.807, 2.05) is 38.1 Å². The summed E-state index contributed by atoms with van der Waals surface area (Å²) in [6, 6.07) is 7.84. The van der Waals surface area contributed by atoms with Crippen LogP contribution < -0.4 is 10.2 Å². The highest BCUT2D eigenvalue weighted by molar-refractivity contribution is 7.19. The van der Waals surface area contributed by atoms with Crippen molar-refractivity contribution in [3.8, 4) is 0 Å². The smallest absolute Gasteiger partial charge is 0.257 e. The summed E-state index contributed by atoms with van der Waals surface area (Å²) in [5.41, 5.74) is 2.59. The van der Waals surface area contributed by atoms with E-state index < -0.39 is 0 Å². The molecule has 1 aromatic carbocycles. The van der Waals surface area contributed by atoms with E-state index in [0.717, 1.165) is 51.7 Å². The third kappa shape index (κ3) is 3.41. The Labute approximate surface area is 163 Å². The lowest BCUT2D eigenvalue weighted by atomic mass is 10.00. The van der Waals surface area contributed by atoms with Crippen molar-refractivity contribution >= 4 is 39.0 Å². The Balaban J connectivity index is 1.77. The number of benzene rings is 1. The van der Waals surface area contributed by atoms with Crippen LogP contribution in [0, 0.1) is 19.8 Å². The second-order valence-corrected chi connectivity index (χ2v) is 8.58. The molecule has 0 unspecified atom stereocenters. The van der Waals surface area contributed by atoms with Crippen LogP contribution in [0.3, 0.4) is 0 Å². The number of nitrogens with one attached hydrogen (secondary N) is 1. The molecule has 1 fully saturated rings. The van der Waals surface area contributed by atoms with Crippen LogP contribution in [0.25, 0.3) is 10.2 Å². The number of nitrogens with zero attached hydrogens (tertiary/aromatic N) is 3. The molecule has 5 nitrogen and oxygen atoms in total. The van der Waals surface area contributed by atoms with Crippen LogP contribution in [0.5, 0.6) is 0 Å². The highest BCUT2D eigenvalue weighted by atomic mass is 32.1. The first-order chi connectivity index (χ1) is 13.0. The van der Waals surface area contributed by atoms with Crippen LogP contribution in [0.4, 0.5) is 11.5 Å². The van der Waals surface area contributed by atoms with Gasteiger partial charge in [-0.25, -0.2) is 9.97 Å². The first-order valence-electron chi connectivity index (χ1n) is 9.40. The number of piperidine rings is 1. The fraction of sp³-hybridized carbons (Fsp3) is 0.381. The maximum atomic E-state index is 13.2. The summed E-state index contributed by atoms with van der Waals surface area (Å²) in [7, 11) is 0. The molecule has 1 N–H and O–H groups in total. The molecule has 0 spiro atoms. The number of rotatable bonds is 3. The van der Waals surface area contributed by atoms with Crippen LogP contribution in [-0.2, 0) is 0 Å². The maximum absolute atomic E-state index is 13.2. The first kappa shape index (κ1) is 17.9. The fourth-order valence-corrected chi connectivity index (χ4v) is 4.80. The molecular formula is C21H24N4OS. The van der Waals surface area contributed by atoms with E-state index in [9.17, 15) is 4.79 Å². The molecule has 1 amide bonds. The van der Waals surface area contributed by atoms with Crippen LogP contribution >= 0.6 is 11.3 Å². The van der Waals surface area contributed by atoms with Gasteiger partial charge in [-0.05, 0) is 44.2 Å². The molecule has 3 aromatic rings. The number of aryl methyl sites for hydroxylation is 2. The summed E-state index contributed by atoms with van der Waals surface area (Å²) in [5.74, 6) is 1.44. The number of anilines is 2. The Kier molecular flexibility index (Phi) is 4.83. The molecule has 3 heterocycles. The molecule has 1 saturated heterocycles. The summed E-state index contributed by atoms with van der Waals surface area (Å²) in [4.78, 5) is 26.4. The lowest BCUT2D eigenvalue weighted by Crippen LogP contribution is -2.35. The number of aromatic nitrogens is 2. The molecule has 0 aliphatic carbocycles. The molecule has 0 saturated carbocycles. The summed E-state index contributed by atoms with van der Waals surface area (Å²) in [6.07, 6.45) is 4.02. The van der Waals surface area contributed by atoms with Gasteiger partial charge in [0.1, 0.15) is 17.0 Å². The second kappa shape index (κ2) is 7.27. The molecule has 6 heteroatoms. The maximum Gasteiger partial charge on any atom is 0.257 e. The molecule has 27 heavy (non-hydrogen) atoms. The Bertz CT molecular complexity index is 997. The van der Waals surface area contributed by atoms with Crippen LogP contribution in [0.1, 0.15) is 40.6 Å². The number of para-hydroxylation sites is 1. The highest BCUT2D eigenvalue weighted by Crippen LogP contribution is 2.36. The van der Waals surface area contributed by atoms with Gasteiger partial charge in [-0.3, -0.25) is 4.79 Å². The molecule has 1 atom stereocenters. The number of amides is 1. The number of carbonyl (C=O) groups excluding carboxylic acids is 1. The molecule has 1 aliphatic rings. The number of hydrogen-bond donors (Lipinski definition) is 1. The standard InChI is InChI=1S/C21H24N4OS/c1-13-7-6-10-25(11-13)19-18-17(15(3)27-21(18)23-12-22-19)20(26)24-16-9-5-4-8-14(16)2/h4-5,8-9,12-13H,6-7,10-11H2,1-3H3,(H,24,26)/t13-/m0/s1. The third-order valence-electron chi connectivity index (χ3n) is 5.22. The SMILES string of the molecule is Cc1ccccc1NC(=O)c1c(C)sc2ncnc(N3CCC[C@H](C)C3)c12. The van der Waals surface area contributed by atoms with Gasteiger partial charge in [-0.1, -0.05) is 25.1 Å². The number of thiophene rings is 1. The van der Waals surface area contributed by atoms with Crippen molar-refractivity contribution in [2.75, 3.05) is 23.3 Å². The van der Waals surface area contributed by atoms with Crippen LogP contribution in [0.2, 0.25) is 0 Å². The van der Waals surface area contributed by atoms with Gasteiger partial charge in [0.15, 0.2) is 0 Å². The normalized spacial score (nSPS) is 17.3. The monoisotopic (exact) mass is 380 g/mol. The zero-order valence-electron chi connectivity index (χ0n) is 16.0. The largest absolute Gasteiger partial charge is 0.356 e. The summed E-state index contributed by atoms with van der Waals surface area (Å²) in [6.45, 7) is 8.21. The lowest BCUT2D eigenvalue weighted by Gasteiger charge is -2.32. The van der Waals surface area contributed by atoms with E-state index in [2.05, 4.69) is 27.1 Å². The molecule has 140 valence electrons. The van der Waals surface area contributed by atoms with Crippen molar-refractivity contribution in [2.24, 2.45) is 5.92 Å². The Hall–Kier alpha value is -2.47. The number of carbonyl (C=O) groups is 1. The molecular weight excluding hydrogens is 356 g/mol. The van der Waals surface area contributed by atoms with Crippen LogP contribution in [-0.4, -0.2) is 29.0 Å². The predicted molar refractivity (Wildman–Crippen MR) is 112 cm³/mol. The van der Waals surface area contributed by atoms with Gasteiger partial charge in [0.05, 0.1) is 10.9 Å². The van der Waals surface area contributed by atoms with Crippen LogP contribution in [0.15, 0.2) is 30.6 Å². The van der Waals surface area contributed by atoms with Crippen molar-refractivity contribution in [2.45, 2.75) is 33.6 Å².